The lowest BCUT2D eigenvalue weighted by atomic mass is 9.99. The van der Waals surface area contributed by atoms with Crippen LogP contribution in [-0.4, -0.2) is 6.29 Å². The number of halogens is 3. The fraction of sp³-hybridized carbons (Fsp3) is 0.308. The van der Waals surface area contributed by atoms with Crippen molar-refractivity contribution in [1.82, 2.24) is 0 Å². The average molecular weight is 242 g/mol. The highest BCUT2D eigenvalue weighted by molar-refractivity contribution is 5.77. The molecule has 0 aliphatic heterocycles. The Morgan fingerprint density at radius 3 is 2.53 bits per heavy atom. The second kappa shape index (κ2) is 5.17. The molecule has 0 unspecified atom stereocenters. The van der Waals surface area contributed by atoms with E-state index in [1.807, 2.05) is 0 Å². The molecular weight excluding hydrogens is 229 g/mol. The van der Waals surface area contributed by atoms with Gasteiger partial charge in [-0.2, -0.15) is 13.2 Å². The van der Waals surface area contributed by atoms with Crippen LogP contribution in [0.15, 0.2) is 30.4 Å². The van der Waals surface area contributed by atoms with Crippen LogP contribution in [0.4, 0.5) is 13.2 Å². The lowest BCUT2D eigenvalue weighted by molar-refractivity contribution is -0.137. The van der Waals surface area contributed by atoms with E-state index >= 15 is 0 Å². The van der Waals surface area contributed by atoms with Gasteiger partial charge in [0.2, 0.25) is 0 Å². The molecule has 1 nitrogen and oxygen atoms in total. The Kier molecular flexibility index (Phi) is 4.10. The number of carbonyl (C=O) groups excluding carboxylic acids is 1. The minimum atomic E-state index is -4.38. The number of carbonyl (C=O) groups is 1. The Balaban J connectivity index is 3.06. The van der Waals surface area contributed by atoms with Gasteiger partial charge in [0.15, 0.2) is 0 Å². The number of aryl methyl sites for hydroxylation is 1. The van der Waals surface area contributed by atoms with Crippen molar-refractivity contribution in [3.63, 3.8) is 0 Å². The van der Waals surface area contributed by atoms with E-state index in [-0.39, 0.29) is 0 Å². The monoisotopic (exact) mass is 242 g/mol. The number of hydrogen-bond acceptors (Lipinski definition) is 1. The Morgan fingerprint density at radius 2 is 2.06 bits per heavy atom. The average Bonchev–Trinajstić information content (AvgIpc) is 2.24. The molecule has 0 aliphatic carbocycles. The van der Waals surface area contributed by atoms with E-state index in [0.717, 1.165) is 17.7 Å². The van der Waals surface area contributed by atoms with E-state index in [1.165, 1.54) is 6.07 Å². The largest absolute Gasteiger partial charge is 0.416 e. The van der Waals surface area contributed by atoms with Crippen molar-refractivity contribution in [3.8, 4) is 0 Å². The molecule has 1 rings (SSSR count). The summed E-state index contributed by atoms with van der Waals surface area (Å²) in [7, 11) is 0. The van der Waals surface area contributed by atoms with Gasteiger partial charge in [0.25, 0.3) is 0 Å². The van der Waals surface area contributed by atoms with E-state index in [4.69, 9.17) is 0 Å². The van der Waals surface area contributed by atoms with Crippen molar-refractivity contribution in [2.45, 2.75) is 25.9 Å². The van der Waals surface area contributed by atoms with Crippen molar-refractivity contribution < 1.29 is 18.0 Å². The molecule has 0 bridgehead atoms. The third kappa shape index (κ3) is 3.73. The van der Waals surface area contributed by atoms with E-state index in [9.17, 15) is 18.0 Å². The lowest BCUT2D eigenvalue weighted by Gasteiger charge is -2.10. The minimum Gasteiger partial charge on any atom is -0.298 e. The number of benzene rings is 1. The molecule has 92 valence electrons. The molecule has 1 aromatic carbocycles. The molecule has 4 heteroatoms. The van der Waals surface area contributed by atoms with Crippen molar-refractivity contribution >= 4 is 6.29 Å². The molecule has 0 fully saturated rings. The molecule has 17 heavy (non-hydrogen) atoms. The second-order valence-electron chi connectivity index (χ2n) is 3.99. The molecule has 0 aromatic heterocycles. The van der Waals surface area contributed by atoms with E-state index in [1.54, 1.807) is 6.92 Å². The topological polar surface area (TPSA) is 17.1 Å². The molecule has 0 spiro atoms. The second-order valence-corrected chi connectivity index (χ2v) is 3.99. The minimum absolute atomic E-state index is 0.305. The zero-order chi connectivity index (χ0) is 13.1. The van der Waals surface area contributed by atoms with Crippen LogP contribution in [0, 0.1) is 0 Å². The number of rotatable bonds is 4. The van der Waals surface area contributed by atoms with Gasteiger partial charge in [-0.05, 0) is 37.5 Å². The first-order valence-electron chi connectivity index (χ1n) is 5.14. The summed E-state index contributed by atoms with van der Waals surface area (Å²) in [6.45, 7) is 5.49. The van der Waals surface area contributed by atoms with Crippen molar-refractivity contribution in [3.05, 3.63) is 47.0 Å². The molecule has 0 heterocycles. The predicted octanol–water partition coefficient (Wildman–Crippen LogP) is 4.03. The van der Waals surface area contributed by atoms with Crippen LogP contribution >= 0.6 is 0 Å². The normalized spacial score (nSPS) is 11.3. The summed E-state index contributed by atoms with van der Waals surface area (Å²) in [6, 6.07) is 3.17. The van der Waals surface area contributed by atoms with Crippen LogP contribution in [0.25, 0.3) is 0 Å². The van der Waals surface area contributed by atoms with E-state index in [0.29, 0.717) is 30.3 Å². The van der Waals surface area contributed by atoms with Crippen LogP contribution < -0.4 is 0 Å². The summed E-state index contributed by atoms with van der Waals surface area (Å²) in [5.74, 6) is 0. The first kappa shape index (κ1) is 13.5. The van der Waals surface area contributed by atoms with Gasteiger partial charge in [-0.3, -0.25) is 4.79 Å². The van der Waals surface area contributed by atoms with Gasteiger partial charge in [-0.25, -0.2) is 0 Å². The van der Waals surface area contributed by atoms with Gasteiger partial charge >= 0.3 is 6.18 Å². The van der Waals surface area contributed by atoms with Crippen LogP contribution in [-0.2, 0) is 12.6 Å². The van der Waals surface area contributed by atoms with Gasteiger partial charge in [0, 0.05) is 5.56 Å². The molecule has 1 aromatic rings. The van der Waals surface area contributed by atoms with E-state index < -0.39 is 11.7 Å². The fourth-order valence-corrected chi connectivity index (χ4v) is 1.46. The highest BCUT2D eigenvalue weighted by Gasteiger charge is 2.30. The molecule has 0 atom stereocenters. The van der Waals surface area contributed by atoms with Crippen molar-refractivity contribution in [2.24, 2.45) is 0 Å². The smallest absolute Gasteiger partial charge is 0.298 e. The molecule has 0 aliphatic rings. The molecule has 0 saturated heterocycles. The first-order chi connectivity index (χ1) is 7.84. The Labute approximate surface area is 98.0 Å². The lowest BCUT2D eigenvalue weighted by Crippen LogP contribution is -2.07. The highest BCUT2D eigenvalue weighted by atomic mass is 19.4. The number of hydrogen-bond donors (Lipinski definition) is 0. The number of allylic oxidation sites excluding steroid dienone is 1. The fourth-order valence-electron chi connectivity index (χ4n) is 1.46. The van der Waals surface area contributed by atoms with Gasteiger partial charge in [0.05, 0.1) is 5.56 Å². The van der Waals surface area contributed by atoms with Gasteiger partial charge in [-0.15, -0.1) is 6.58 Å². The standard InChI is InChI=1S/C13H13F3O/c1-9(2)3-4-10-7-12(13(14,15)16)6-5-11(10)8-17/h5-8H,1,3-4H2,2H3. The van der Waals surface area contributed by atoms with Crippen LogP contribution in [0.1, 0.15) is 34.8 Å². The Morgan fingerprint density at radius 1 is 1.41 bits per heavy atom. The first-order valence-corrected chi connectivity index (χ1v) is 5.14. The summed E-state index contributed by atoms with van der Waals surface area (Å²) < 4.78 is 37.5. The van der Waals surface area contributed by atoms with Gasteiger partial charge in [-0.1, -0.05) is 11.6 Å². The SMILES string of the molecule is C=C(C)CCc1cc(C(F)(F)F)ccc1C=O. The number of alkyl halides is 3. The molecular formula is C13H13F3O. The van der Waals surface area contributed by atoms with Crippen LogP contribution in [0.2, 0.25) is 0 Å². The quantitative estimate of drug-likeness (QED) is 0.575. The molecule has 0 saturated carbocycles. The zero-order valence-electron chi connectivity index (χ0n) is 9.47. The summed E-state index contributed by atoms with van der Waals surface area (Å²) in [5.41, 5.74) is 0.871. The summed E-state index contributed by atoms with van der Waals surface area (Å²) in [5, 5.41) is 0. The van der Waals surface area contributed by atoms with Gasteiger partial charge < -0.3 is 0 Å². The summed E-state index contributed by atoms with van der Waals surface area (Å²) in [6.07, 6.45) is -2.83. The Hall–Kier alpha value is -1.58. The maximum atomic E-state index is 12.5. The summed E-state index contributed by atoms with van der Waals surface area (Å²) in [4.78, 5) is 10.7. The third-order valence-corrected chi connectivity index (χ3v) is 2.42. The highest BCUT2D eigenvalue weighted by Crippen LogP contribution is 2.30. The maximum absolute atomic E-state index is 12.5. The number of aldehydes is 1. The summed E-state index contributed by atoms with van der Waals surface area (Å²) >= 11 is 0. The Bertz CT molecular complexity index is 433. The third-order valence-electron chi connectivity index (χ3n) is 2.42. The predicted molar refractivity (Wildman–Crippen MR) is 60.0 cm³/mol. The van der Waals surface area contributed by atoms with Crippen molar-refractivity contribution in [1.29, 1.82) is 0 Å². The molecule has 0 amide bonds. The van der Waals surface area contributed by atoms with Crippen LogP contribution in [0.3, 0.4) is 0 Å². The van der Waals surface area contributed by atoms with Crippen LogP contribution in [0.5, 0.6) is 0 Å². The van der Waals surface area contributed by atoms with E-state index in [2.05, 4.69) is 6.58 Å². The zero-order valence-corrected chi connectivity index (χ0v) is 9.47. The van der Waals surface area contributed by atoms with Gasteiger partial charge in [0.1, 0.15) is 6.29 Å². The van der Waals surface area contributed by atoms with Crippen molar-refractivity contribution in [2.75, 3.05) is 0 Å². The maximum Gasteiger partial charge on any atom is 0.416 e. The molecule has 0 N–H and O–H groups in total. The molecule has 0 radical (unpaired) electrons.